The molecule has 2 heterocycles. The lowest BCUT2D eigenvalue weighted by Gasteiger charge is -2.20. The molecule has 0 amide bonds. The number of nitrogens with one attached hydrogen (secondary N) is 1. The molecule has 0 unspecified atom stereocenters. The van der Waals surface area contributed by atoms with Gasteiger partial charge in [-0.15, -0.1) is 0 Å². The molecular weight excluding hydrogens is 254 g/mol. The summed E-state index contributed by atoms with van der Waals surface area (Å²) in [5.74, 6) is 1.61. The smallest absolute Gasteiger partial charge is 0.174 e. The van der Waals surface area contributed by atoms with Crippen LogP contribution in [-0.4, -0.2) is 37.5 Å². The summed E-state index contributed by atoms with van der Waals surface area (Å²) in [4.78, 5) is 8.69. The van der Waals surface area contributed by atoms with Crippen LogP contribution in [0.1, 0.15) is 25.2 Å². The summed E-state index contributed by atoms with van der Waals surface area (Å²) in [6, 6.07) is 1.95. The van der Waals surface area contributed by atoms with Gasteiger partial charge in [0.05, 0.1) is 30.7 Å². The highest BCUT2D eigenvalue weighted by atomic mass is 16.3. The molecule has 0 spiro atoms. The minimum absolute atomic E-state index is 0.0417. The van der Waals surface area contributed by atoms with E-state index >= 15 is 0 Å². The van der Waals surface area contributed by atoms with Crippen LogP contribution in [0.4, 0.5) is 5.82 Å². The van der Waals surface area contributed by atoms with Crippen LogP contribution in [0, 0.1) is 19.8 Å². The fourth-order valence-corrected chi connectivity index (χ4v) is 2.00. The maximum absolute atomic E-state index is 9.36. The van der Waals surface area contributed by atoms with E-state index in [1.54, 1.807) is 17.1 Å². The molecule has 0 fully saturated rings. The van der Waals surface area contributed by atoms with Crippen molar-refractivity contribution in [1.82, 2.24) is 19.7 Å². The largest absolute Gasteiger partial charge is 0.394 e. The summed E-state index contributed by atoms with van der Waals surface area (Å²) in [6.45, 7) is 8.08. The molecule has 2 N–H and O–H groups in total. The Morgan fingerprint density at radius 2 is 2.05 bits per heavy atom. The van der Waals surface area contributed by atoms with Crippen molar-refractivity contribution in [1.29, 1.82) is 0 Å². The molecule has 0 saturated heterocycles. The van der Waals surface area contributed by atoms with Crippen LogP contribution in [0.15, 0.2) is 18.5 Å². The third kappa shape index (κ3) is 3.14. The number of hydrogen-bond donors (Lipinski definition) is 2. The quantitative estimate of drug-likeness (QED) is 0.868. The number of aliphatic hydroxyl groups is 1. The summed E-state index contributed by atoms with van der Waals surface area (Å²) in [5.41, 5.74) is 1.95. The van der Waals surface area contributed by atoms with Gasteiger partial charge in [0.1, 0.15) is 5.82 Å². The lowest BCUT2D eigenvalue weighted by atomic mass is 10.1. The highest BCUT2D eigenvalue weighted by Gasteiger charge is 2.13. The first-order valence-corrected chi connectivity index (χ1v) is 6.74. The molecule has 0 aromatic carbocycles. The molecule has 20 heavy (non-hydrogen) atoms. The Balaban J connectivity index is 2.26. The number of aliphatic hydroxyl groups excluding tert-OH is 1. The van der Waals surface area contributed by atoms with E-state index < -0.39 is 0 Å². The first-order valence-electron chi connectivity index (χ1n) is 6.74. The first kappa shape index (κ1) is 14.5. The van der Waals surface area contributed by atoms with E-state index in [4.69, 9.17) is 0 Å². The van der Waals surface area contributed by atoms with Gasteiger partial charge in [-0.2, -0.15) is 5.10 Å². The van der Waals surface area contributed by atoms with Gasteiger partial charge < -0.3 is 10.4 Å². The van der Waals surface area contributed by atoms with Gasteiger partial charge in [0.15, 0.2) is 5.82 Å². The maximum Gasteiger partial charge on any atom is 0.174 e. The zero-order chi connectivity index (χ0) is 14.7. The molecular formula is C14H21N5O. The molecule has 0 radical (unpaired) electrons. The molecule has 0 saturated carbocycles. The molecule has 6 heteroatoms. The Morgan fingerprint density at radius 3 is 2.60 bits per heavy atom. The van der Waals surface area contributed by atoms with Gasteiger partial charge in [0, 0.05) is 5.69 Å². The predicted molar refractivity (Wildman–Crippen MR) is 78.0 cm³/mol. The minimum Gasteiger partial charge on any atom is -0.394 e. The summed E-state index contributed by atoms with van der Waals surface area (Å²) in [7, 11) is 0. The lowest BCUT2D eigenvalue weighted by molar-refractivity contribution is 0.249. The second kappa shape index (κ2) is 6.00. The average Bonchev–Trinajstić information content (AvgIpc) is 2.75. The highest BCUT2D eigenvalue weighted by molar-refractivity contribution is 5.37. The molecule has 0 aliphatic heterocycles. The van der Waals surface area contributed by atoms with Crippen LogP contribution >= 0.6 is 0 Å². The van der Waals surface area contributed by atoms with Crippen LogP contribution < -0.4 is 5.32 Å². The summed E-state index contributed by atoms with van der Waals surface area (Å²) in [6.07, 6.45) is 3.33. The Hall–Kier alpha value is -1.95. The standard InChI is InChI=1S/C14H21N5O/c1-9(2)12(8-20)16-13-6-15-7-14(17-13)19-11(4)5-10(3)18-19/h5-7,9,12,20H,8H2,1-4H3,(H,16,17)/t12-/m1/s1. The van der Waals surface area contributed by atoms with Gasteiger partial charge in [-0.1, -0.05) is 13.8 Å². The Bertz CT molecular complexity index is 579. The van der Waals surface area contributed by atoms with Crippen LogP contribution in [0.5, 0.6) is 0 Å². The number of hydrogen-bond acceptors (Lipinski definition) is 5. The van der Waals surface area contributed by atoms with E-state index in [0.29, 0.717) is 17.6 Å². The van der Waals surface area contributed by atoms with Gasteiger partial charge in [-0.25, -0.2) is 9.67 Å². The van der Waals surface area contributed by atoms with Crippen molar-refractivity contribution >= 4 is 5.82 Å². The topological polar surface area (TPSA) is 75.9 Å². The minimum atomic E-state index is -0.0417. The Kier molecular flexibility index (Phi) is 4.34. The monoisotopic (exact) mass is 275 g/mol. The summed E-state index contributed by atoms with van der Waals surface area (Å²) in [5, 5.41) is 17.0. The van der Waals surface area contributed by atoms with Crippen LogP contribution in [0.2, 0.25) is 0 Å². The van der Waals surface area contributed by atoms with E-state index in [9.17, 15) is 5.11 Å². The van der Waals surface area contributed by atoms with Gasteiger partial charge >= 0.3 is 0 Å². The fourth-order valence-electron chi connectivity index (χ4n) is 2.00. The predicted octanol–water partition coefficient (Wildman–Crippen LogP) is 1.71. The second-order valence-electron chi connectivity index (χ2n) is 5.28. The van der Waals surface area contributed by atoms with Crippen molar-refractivity contribution in [2.24, 2.45) is 5.92 Å². The summed E-state index contributed by atoms with van der Waals surface area (Å²) < 4.78 is 1.76. The van der Waals surface area contributed by atoms with Crippen molar-refractivity contribution < 1.29 is 5.11 Å². The average molecular weight is 275 g/mol. The third-order valence-electron chi connectivity index (χ3n) is 3.18. The van der Waals surface area contributed by atoms with E-state index in [2.05, 4.69) is 20.4 Å². The first-order chi connectivity index (χ1) is 9.51. The van der Waals surface area contributed by atoms with Crippen molar-refractivity contribution in [3.8, 4) is 5.82 Å². The third-order valence-corrected chi connectivity index (χ3v) is 3.18. The van der Waals surface area contributed by atoms with E-state index in [0.717, 1.165) is 11.4 Å². The highest BCUT2D eigenvalue weighted by Crippen LogP contribution is 2.13. The number of nitrogens with zero attached hydrogens (tertiary/aromatic N) is 4. The van der Waals surface area contributed by atoms with Gasteiger partial charge in [0.2, 0.25) is 0 Å². The van der Waals surface area contributed by atoms with Crippen LogP contribution in [0.3, 0.4) is 0 Å². The van der Waals surface area contributed by atoms with Gasteiger partial charge in [-0.05, 0) is 25.8 Å². The molecule has 6 nitrogen and oxygen atoms in total. The number of aromatic nitrogens is 4. The maximum atomic E-state index is 9.36. The normalized spacial score (nSPS) is 12.7. The zero-order valence-corrected chi connectivity index (χ0v) is 12.3. The molecule has 2 rings (SSSR count). The SMILES string of the molecule is Cc1cc(C)n(-c2cncc(N[C@H](CO)C(C)C)n2)n1. The van der Waals surface area contributed by atoms with Crippen LogP contribution in [0.25, 0.3) is 5.82 Å². The van der Waals surface area contributed by atoms with Crippen molar-refractivity contribution in [2.75, 3.05) is 11.9 Å². The Morgan fingerprint density at radius 1 is 1.30 bits per heavy atom. The van der Waals surface area contributed by atoms with E-state index in [1.165, 1.54) is 0 Å². The molecule has 1 atom stereocenters. The molecule has 2 aromatic heterocycles. The van der Waals surface area contributed by atoms with E-state index in [1.807, 2.05) is 33.8 Å². The number of anilines is 1. The van der Waals surface area contributed by atoms with Crippen molar-refractivity contribution in [2.45, 2.75) is 33.7 Å². The number of rotatable bonds is 5. The molecule has 0 aliphatic carbocycles. The number of aryl methyl sites for hydroxylation is 2. The zero-order valence-electron chi connectivity index (χ0n) is 12.3. The fraction of sp³-hybridized carbons (Fsp3) is 0.500. The molecule has 108 valence electrons. The van der Waals surface area contributed by atoms with Crippen LogP contribution in [-0.2, 0) is 0 Å². The summed E-state index contributed by atoms with van der Waals surface area (Å²) >= 11 is 0. The van der Waals surface area contributed by atoms with Gasteiger partial charge in [-0.3, -0.25) is 4.98 Å². The van der Waals surface area contributed by atoms with Gasteiger partial charge in [0.25, 0.3) is 0 Å². The van der Waals surface area contributed by atoms with Crippen molar-refractivity contribution in [3.05, 3.63) is 29.8 Å². The second-order valence-corrected chi connectivity index (χ2v) is 5.28. The van der Waals surface area contributed by atoms with Crippen molar-refractivity contribution in [3.63, 3.8) is 0 Å². The molecule has 0 aliphatic rings. The molecule has 2 aromatic rings. The lowest BCUT2D eigenvalue weighted by Crippen LogP contribution is -2.30. The molecule has 0 bridgehead atoms. The van der Waals surface area contributed by atoms with E-state index in [-0.39, 0.29) is 12.6 Å². The Labute approximate surface area is 118 Å².